The Kier molecular flexibility index (Phi) is 4.92. The molecule has 0 aliphatic rings. The van der Waals surface area contributed by atoms with Crippen LogP contribution in [-0.2, 0) is 10.0 Å². The number of fused-ring (bicyclic) bond motifs is 1. The minimum absolute atomic E-state index is 0.341. The molecule has 0 saturated carbocycles. The molecule has 3 aromatic carbocycles. The molecule has 1 aromatic heterocycles. The minimum atomic E-state index is -3.66. The summed E-state index contributed by atoms with van der Waals surface area (Å²) in [6.45, 7) is 7.68. The summed E-state index contributed by atoms with van der Waals surface area (Å²) in [5.41, 5.74) is 6.23. The van der Waals surface area contributed by atoms with Crippen LogP contribution in [0, 0.1) is 27.7 Å². The van der Waals surface area contributed by atoms with Crippen LogP contribution in [0.25, 0.3) is 20.8 Å². The molecule has 0 amide bonds. The minimum Gasteiger partial charge on any atom is -0.280 e. The second-order valence-electron chi connectivity index (χ2n) is 7.40. The number of benzene rings is 3. The third-order valence-corrected chi connectivity index (χ3v) is 7.55. The van der Waals surface area contributed by atoms with Crippen LogP contribution in [0.15, 0.2) is 59.5 Å². The number of rotatable bonds is 4. The molecule has 29 heavy (non-hydrogen) atoms. The van der Waals surface area contributed by atoms with Crippen LogP contribution in [0.1, 0.15) is 22.3 Å². The molecule has 0 spiro atoms. The zero-order valence-electron chi connectivity index (χ0n) is 16.8. The van der Waals surface area contributed by atoms with Crippen LogP contribution in [0.2, 0.25) is 0 Å². The average molecular weight is 423 g/mol. The Morgan fingerprint density at radius 2 is 1.48 bits per heavy atom. The van der Waals surface area contributed by atoms with Gasteiger partial charge in [0.2, 0.25) is 0 Å². The first-order valence-electron chi connectivity index (χ1n) is 9.31. The Balaban J connectivity index is 1.62. The zero-order chi connectivity index (χ0) is 20.8. The van der Waals surface area contributed by atoms with Gasteiger partial charge in [-0.25, -0.2) is 13.4 Å². The molecular weight excluding hydrogens is 400 g/mol. The molecule has 4 rings (SSSR count). The van der Waals surface area contributed by atoms with E-state index in [0.717, 1.165) is 37.5 Å². The van der Waals surface area contributed by atoms with Crippen LogP contribution in [0.5, 0.6) is 0 Å². The van der Waals surface area contributed by atoms with Crippen molar-refractivity contribution in [3.8, 4) is 10.6 Å². The highest BCUT2D eigenvalue weighted by Crippen LogP contribution is 2.32. The van der Waals surface area contributed by atoms with Gasteiger partial charge < -0.3 is 0 Å². The van der Waals surface area contributed by atoms with Crippen molar-refractivity contribution in [1.82, 2.24) is 4.98 Å². The van der Waals surface area contributed by atoms with Gasteiger partial charge in [-0.05, 0) is 80.8 Å². The maximum atomic E-state index is 12.9. The van der Waals surface area contributed by atoms with Gasteiger partial charge >= 0.3 is 0 Å². The number of aryl methyl sites for hydroxylation is 4. The van der Waals surface area contributed by atoms with E-state index < -0.39 is 10.0 Å². The fraction of sp³-hybridized carbons (Fsp3) is 0.174. The van der Waals surface area contributed by atoms with Gasteiger partial charge in [0, 0.05) is 11.3 Å². The van der Waals surface area contributed by atoms with Gasteiger partial charge in [0.05, 0.1) is 15.1 Å². The molecule has 0 aliphatic heterocycles. The topological polar surface area (TPSA) is 59.1 Å². The number of nitrogens with zero attached hydrogens (tertiary/aromatic N) is 1. The Morgan fingerprint density at radius 3 is 2.14 bits per heavy atom. The van der Waals surface area contributed by atoms with E-state index in [1.807, 2.05) is 51.1 Å². The molecule has 0 radical (unpaired) electrons. The normalized spacial score (nSPS) is 11.7. The maximum Gasteiger partial charge on any atom is 0.262 e. The molecule has 0 saturated heterocycles. The maximum absolute atomic E-state index is 12.9. The van der Waals surface area contributed by atoms with Crippen molar-refractivity contribution in [2.75, 3.05) is 4.72 Å². The van der Waals surface area contributed by atoms with Gasteiger partial charge in [-0.15, -0.1) is 11.3 Å². The van der Waals surface area contributed by atoms with Gasteiger partial charge in [-0.3, -0.25) is 4.72 Å². The first kappa shape index (κ1) is 19.6. The summed E-state index contributed by atoms with van der Waals surface area (Å²) in [6.07, 6.45) is 0. The molecule has 0 atom stereocenters. The molecule has 0 fully saturated rings. The van der Waals surface area contributed by atoms with Crippen LogP contribution in [-0.4, -0.2) is 13.4 Å². The van der Waals surface area contributed by atoms with Crippen molar-refractivity contribution < 1.29 is 8.42 Å². The highest BCUT2D eigenvalue weighted by molar-refractivity contribution is 7.92. The molecule has 0 aliphatic carbocycles. The van der Waals surface area contributed by atoms with E-state index in [4.69, 9.17) is 0 Å². The van der Waals surface area contributed by atoms with Gasteiger partial charge in [-0.2, -0.15) is 0 Å². The lowest BCUT2D eigenvalue weighted by atomic mass is 10.1. The number of nitrogens with one attached hydrogen (secondary N) is 1. The number of hydrogen-bond donors (Lipinski definition) is 1. The van der Waals surface area contributed by atoms with E-state index in [0.29, 0.717) is 10.6 Å². The van der Waals surface area contributed by atoms with Crippen molar-refractivity contribution in [1.29, 1.82) is 0 Å². The number of thiazole rings is 1. The Morgan fingerprint density at radius 1 is 0.828 bits per heavy atom. The van der Waals surface area contributed by atoms with Crippen LogP contribution in [0.3, 0.4) is 0 Å². The second kappa shape index (κ2) is 7.28. The van der Waals surface area contributed by atoms with Crippen molar-refractivity contribution in [2.24, 2.45) is 0 Å². The van der Waals surface area contributed by atoms with Gasteiger partial charge in [0.1, 0.15) is 5.01 Å². The summed E-state index contributed by atoms with van der Waals surface area (Å²) in [4.78, 5) is 5.03. The molecule has 4 nitrogen and oxygen atoms in total. The van der Waals surface area contributed by atoms with Crippen LogP contribution >= 0.6 is 11.3 Å². The van der Waals surface area contributed by atoms with E-state index >= 15 is 0 Å². The monoisotopic (exact) mass is 422 g/mol. The fourth-order valence-electron chi connectivity index (χ4n) is 3.63. The summed E-state index contributed by atoms with van der Waals surface area (Å²) in [5, 5.41) is 0.922. The van der Waals surface area contributed by atoms with Crippen LogP contribution < -0.4 is 4.72 Å². The first-order chi connectivity index (χ1) is 13.7. The largest absolute Gasteiger partial charge is 0.280 e. The van der Waals surface area contributed by atoms with E-state index in [-0.39, 0.29) is 0 Å². The van der Waals surface area contributed by atoms with E-state index in [1.165, 1.54) is 5.56 Å². The summed E-state index contributed by atoms with van der Waals surface area (Å²) in [6, 6.07) is 17.4. The zero-order valence-corrected chi connectivity index (χ0v) is 18.4. The fourth-order valence-corrected chi connectivity index (χ4v) is 6.22. The van der Waals surface area contributed by atoms with Crippen LogP contribution in [0.4, 0.5) is 5.69 Å². The third kappa shape index (κ3) is 3.91. The standard InChI is InChI=1S/C23H22N2O2S2/c1-14-5-10-20-21(13-14)28-23(24-20)18-6-8-19(9-7-18)25-29(26,27)22-16(3)11-15(2)12-17(22)4/h5-13,25H,1-4H3. The van der Waals surface area contributed by atoms with Gasteiger partial charge in [0.15, 0.2) is 0 Å². The van der Waals surface area contributed by atoms with Crippen molar-refractivity contribution in [2.45, 2.75) is 32.6 Å². The molecule has 4 aromatic rings. The Bertz CT molecular complexity index is 1300. The van der Waals surface area contributed by atoms with Crippen molar-refractivity contribution in [3.63, 3.8) is 0 Å². The predicted molar refractivity (Wildman–Crippen MR) is 121 cm³/mol. The van der Waals surface area contributed by atoms with E-state index in [2.05, 4.69) is 28.8 Å². The lowest BCUT2D eigenvalue weighted by molar-refractivity contribution is 0.600. The molecule has 1 N–H and O–H groups in total. The summed E-state index contributed by atoms with van der Waals surface area (Å²) < 4.78 is 29.7. The number of hydrogen-bond acceptors (Lipinski definition) is 4. The smallest absolute Gasteiger partial charge is 0.262 e. The highest BCUT2D eigenvalue weighted by Gasteiger charge is 2.20. The van der Waals surface area contributed by atoms with Crippen molar-refractivity contribution in [3.05, 3.63) is 76.9 Å². The lowest BCUT2D eigenvalue weighted by Gasteiger charge is -2.14. The quantitative estimate of drug-likeness (QED) is 0.439. The Labute approximate surface area is 175 Å². The Hall–Kier alpha value is -2.70. The number of anilines is 1. The molecule has 148 valence electrons. The first-order valence-corrected chi connectivity index (χ1v) is 11.6. The SMILES string of the molecule is Cc1cc(C)c(S(=O)(=O)Nc2ccc(-c3nc4ccc(C)cc4s3)cc2)c(C)c1. The third-order valence-electron chi connectivity index (χ3n) is 4.80. The molecule has 1 heterocycles. The predicted octanol–water partition coefficient (Wildman–Crippen LogP) is 6.00. The van der Waals surface area contributed by atoms with Gasteiger partial charge in [-0.1, -0.05) is 23.8 Å². The lowest BCUT2D eigenvalue weighted by Crippen LogP contribution is -2.15. The van der Waals surface area contributed by atoms with E-state index in [9.17, 15) is 8.42 Å². The van der Waals surface area contributed by atoms with Gasteiger partial charge in [0.25, 0.3) is 10.0 Å². The summed E-state index contributed by atoms with van der Waals surface area (Å²) in [7, 11) is -3.66. The summed E-state index contributed by atoms with van der Waals surface area (Å²) in [5.74, 6) is 0. The summed E-state index contributed by atoms with van der Waals surface area (Å²) >= 11 is 1.64. The molecule has 0 bridgehead atoms. The average Bonchev–Trinajstić information content (AvgIpc) is 3.03. The molecule has 0 unspecified atom stereocenters. The number of sulfonamides is 1. The molecular formula is C23H22N2O2S2. The second-order valence-corrected chi connectivity index (χ2v) is 10.1. The van der Waals surface area contributed by atoms with Crippen molar-refractivity contribution >= 4 is 37.3 Å². The highest BCUT2D eigenvalue weighted by atomic mass is 32.2. The molecule has 6 heteroatoms. The number of aromatic nitrogens is 1. The van der Waals surface area contributed by atoms with E-state index in [1.54, 1.807) is 23.5 Å².